The van der Waals surface area contributed by atoms with Gasteiger partial charge in [0.15, 0.2) is 0 Å². The van der Waals surface area contributed by atoms with E-state index in [1.165, 1.54) is 12.1 Å². The molecule has 0 saturated carbocycles. The Morgan fingerprint density at radius 1 is 1.10 bits per heavy atom. The highest BCUT2D eigenvalue weighted by molar-refractivity contribution is 5.65. The molecule has 0 amide bonds. The van der Waals surface area contributed by atoms with Gasteiger partial charge < -0.3 is 14.8 Å². The van der Waals surface area contributed by atoms with E-state index in [2.05, 4.69) is 20.2 Å². The molecule has 6 nitrogen and oxygen atoms in total. The van der Waals surface area contributed by atoms with E-state index in [1.54, 1.807) is 20.4 Å². The summed E-state index contributed by atoms with van der Waals surface area (Å²) in [6.45, 7) is 1.74. The Balaban J connectivity index is 1.48. The number of anilines is 2. The zero-order valence-corrected chi connectivity index (χ0v) is 16.8. The first-order valence-electron chi connectivity index (χ1n) is 9.56. The number of methoxy groups -OCH3 is 2. The average Bonchev–Trinajstić information content (AvgIpc) is 2.75. The largest absolute Gasteiger partial charge is 0.497 e. The summed E-state index contributed by atoms with van der Waals surface area (Å²) in [6, 6.07) is 9.14. The molecule has 0 atom stereocenters. The number of hydrogen-bond acceptors (Lipinski definition) is 6. The predicted molar refractivity (Wildman–Crippen MR) is 109 cm³/mol. The number of halogens is 2. The zero-order valence-electron chi connectivity index (χ0n) is 16.8. The van der Waals surface area contributed by atoms with Crippen LogP contribution < -0.4 is 14.8 Å². The number of fused-ring (bicyclic) bond motifs is 1. The van der Waals surface area contributed by atoms with Crippen molar-refractivity contribution in [2.45, 2.75) is 19.5 Å². The standard InChI is InChI=1S/C22H22F2N4O2/c1-29-17-5-6-21(30-2)20(10-17)27-22-25-11-15-13-28(8-7-19(15)26-22)12-14-3-4-16(23)9-18(14)24/h3-6,9-11H,7-8,12-13H2,1-2H3,(H,25,26,27). The van der Waals surface area contributed by atoms with Crippen molar-refractivity contribution in [1.82, 2.24) is 14.9 Å². The maximum atomic E-state index is 14.0. The summed E-state index contributed by atoms with van der Waals surface area (Å²) in [4.78, 5) is 11.2. The average molecular weight is 412 g/mol. The molecule has 2 aromatic carbocycles. The maximum absolute atomic E-state index is 14.0. The number of ether oxygens (including phenoxy) is 2. The van der Waals surface area contributed by atoms with Crippen LogP contribution in [-0.2, 0) is 19.5 Å². The van der Waals surface area contributed by atoms with Gasteiger partial charge in [-0.3, -0.25) is 4.90 Å². The predicted octanol–water partition coefficient (Wildman–Crippen LogP) is 4.07. The summed E-state index contributed by atoms with van der Waals surface area (Å²) >= 11 is 0. The van der Waals surface area contributed by atoms with E-state index in [4.69, 9.17) is 9.47 Å². The van der Waals surface area contributed by atoms with Crippen LogP contribution in [0.15, 0.2) is 42.6 Å². The van der Waals surface area contributed by atoms with Gasteiger partial charge in [0.2, 0.25) is 5.95 Å². The van der Waals surface area contributed by atoms with E-state index in [9.17, 15) is 8.78 Å². The van der Waals surface area contributed by atoms with Gasteiger partial charge in [-0.1, -0.05) is 6.07 Å². The topological polar surface area (TPSA) is 59.5 Å². The summed E-state index contributed by atoms with van der Waals surface area (Å²) in [5, 5.41) is 3.19. The molecule has 0 bridgehead atoms. The van der Waals surface area contributed by atoms with E-state index in [-0.39, 0.29) is 0 Å². The van der Waals surface area contributed by atoms with Gasteiger partial charge >= 0.3 is 0 Å². The lowest BCUT2D eigenvalue weighted by atomic mass is 10.1. The second-order valence-corrected chi connectivity index (χ2v) is 7.05. The van der Waals surface area contributed by atoms with Crippen LogP contribution in [0.2, 0.25) is 0 Å². The van der Waals surface area contributed by atoms with Gasteiger partial charge in [0.1, 0.15) is 23.1 Å². The van der Waals surface area contributed by atoms with Crippen LogP contribution in [0.1, 0.15) is 16.8 Å². The minimum atomic E-state index is -0.568. The van der Waals surface area contributed by atoms with Crippen LogP contribution in [0, 0.1) is 11.6 Å². The number of rotatable bonds is 6. The molecule has 156 valence electrons. The fourth-order valence-electron chi connectivity index (χ4n) is 3.49. The number of aromatic nitrogens is 2. The summed E-state index contributed by atoms with van der Waals surface area (Å²) in [6.07, 6.45) is 2.50. The van der Waals surface area contributed by atoms with Crippen LogP contribution >= 0.6 is 0 Å². The molecule has 0 radical (unpaired) electrons. The minimum Gasteiger partial charge on any atom is -0.497 e. The highest BCUT2D eigenvalue weighted by atomic mass is 19.1. The lowest BCUT2D eigenvalue weighted by molar-refractivity contribution is 0.239. The van der Waals surface area contributed by atoms with E-state index in [1.807, 2.05) is 18.2 Å². The molecular weight excluding hydrogens is 390 g/mol. The lowest BCUT2D eigenvalue weighted by Gasteiger charge is -2.28. The molecule has 0 unspecified atom stereocenters. The second-order valence-electron chi connectivity index (χ2n) is 7.05. The van der Waals surface area contributed by atoms with Gasteiger partial charge in [0.05, 0.1) is 25.6 Å². The fraction of sp³-hybridized carbons (Fsp3) is 0.273. The van der Waals surface area contributed by atoms with E-state index < -0.39 is 11.6 Å². The minimum absolute atomic E-state index is 0.409. The van der Waals surface area contributed by atoms with Crippen molar-refractivity contribution in [3.05, 3.63) is 71.1 Å². The Kier molecular flexibility index (Phi) is 5.76. The monoisotopic (exact) mass is 412 g/mol. The zero-order chi connectivity index (χ0) is 21.1. The van der Waals surface area contributed by atoms with Crippen molar-refractivity contribution in [2.24, 2.45) is 0 Å². The quantitative estimate of drug-likeness (QED) is 0.659. The van der Waals surface area contributed by atoms with E-state index in [0.717, 1.165) is 23.9 Å². The van der Waals surface area contributed by atoms with Gasteiger partial charge in [0, 0.05) is 55.5 Å². The van der Waals surface area contributed by atoms with Gasteiger partial charge in [-0.15, -0.1) is 0 Å². The molecule has 8 heteroatoms. The molecule has 1 aliphatic heterocycles. The third kappa shape index (κ3) is 4.33. The molecule has 1 aliphatic rings. The molecular formula is C22H22F2N4O2. The van der Waals surface area contributed by atoms with Gasteiger partial charge in [0.25, 0.3) is 0 Å². The fourth-order valence-corrected chi connectivity index (χ4v) is 3.49. The molecule has 0 spiro atoms. The summed E-state index contributed by atoms with van der Waals surface area (Å²) in [5.74, 6) is 0.730. The first-order chi connectivity index (χ1) is 14.6. The molecule has 3 aromatic rings. The van der Waals surface area contributed by atoms with Crippen LogP contribution in [-0.4, -0.2) is 35.6 Å². The van der Waals surface area contributed by atoms with Crippen LogP contribution in [0.3, 0.4) is 0 Å². The number of benzene rings is 2. The van der Waals surface area contributed by atoms with Gasteiger partial charge in [-0.25, -0.2) is 18.7 Å². The normalized spacial score (nSPS) is 13.6. The molecule has 0 saturated heterocycles. The van der Waals surface area contributed by atoms with Crippen molar-refractivity contribution >= 4 is 11.6 Å². The smallest absolute Gasteiger partial charge is 0.227 e. The van der Waals surface area contributed by atoms with Crippen molar-refractivity contribution in [3.8, 4) is 11.5 Å². The summed E-state index contributed by atoms with van der Waals surface area (Å²) in [5.41, 5.74) is 3.13. The van der Waals surface area contributed by atoms with E-state index >= 15 is 0 Å². The second kappa shape index (κ2) is 8.62. The SMILES string of the molecule is COc1ccc(OC)c(Nc2ncc3c(n2)CCN(Cc2ccc(F)cc2F)C3)c1. The lowest BCUT2D eigenvalue weighted by Crippen LogP contribution is -2.31. The third-order valence-corrected chi connectivity index (χ3v) is 5.08. The van der Waals surface area contributed by atoms with Gasteiger partial charge in [-0.2, -0.15) is 0 Å². The van der Waals surface area contributed by atoms with Crippen molar-refractivity contribution in [2.75, 3.05) is 26.1 Å². The van der Waals surface area contributed by atoms with Gasteiger partial charge in [-0.05, 0) is 18.2 Å². The maximum Gasteiger partial charge on any atom is 0.227 e. The summed E-state index contributed by atoms with van der Waals surface area (Å²) in [7, 11) is 3.20. The van der Waals surface area contributed by atoms with Crippen LogP contribution in [0.5, 0.6) is 11.5 Å². The molecule has 2 heterocycles. The highest BCUT2D eigenvalue weighted by Gasteiger charge is 2.20. The van der Waals surface area contributed by atoms with Crippen molar-refractivity contribution in [1.29, 1.82) is 0 Å². The molecule has 0 fully saturated rings. The Bertz CT molecular complexity index is 1060. The first-order valence-corrected chi connectivity index (χ1v) is 9.56. The molecule has 30 heavy (non-hydrogen) atoms. The molecule has 0 aliphatic carbocycles. The molecule has 1 N–H and O–H groups in total. The Morgan fingerprint density at radius 3 is 2.73 bits per heavy atom. The first kappa shape index (κ1) is 20.0. The van der Waals surface area contributed by atoms with Crippen LogP contribution in [0.4, 0.5) is 20.4 Å². The van der Waals surface area contributed by atoms with E-state index in [0.29, 0.717) is 48.2 Å². The van der Waals surface area contributed by atoms with Crippen molar-refractivity contribution in [3.63, 3.8) is 0 Å². The number of nitrogens with one attached hydrogen (secondary N) is 1. The summed E-state index contributed by atoms with van der Waals surface area (Å²) < 4.78 is 37.7. The molecule has 1 aromatic heterocycles. The third-order valence-electron chi connectivity index (χ3n) is 5.08. The Labute approximate surface area is 173 Å². The van der Waals surface area contributed by atoms with Crippen LogP contribution in [0.25, 0.3) is 0 Å². The Morgan fingerprint density at radius 2 is 1.97 bits per heavy atom. The molecule has 4 rings (SSSR count). The van der Waals surface area contributed by atoms with Crippen molar-refractivity contribution < 1.29 is 18.3 Å². The number of hydrogen-bond donors (Lipinski definition) is 1. The number of nitrogens with zero attached hydrogens (tertiary/aromatic N) is 3. The Hall–Kier alpha value is -3.26. The highest BCUT2D eigenvalue weighted by Crippen LogP contribution is 2.31.